The van der Waals surface area contributed by atoms with Crippen LogP contribution in [0.5, 0.6) is 0 Å². The van der Waals surface area contributed by atoms with E-state index in [4.69, 9.17) is 0 Å². The highest BCUT2D eigenvalue weighted by Gasteiger charge is 2.23. The summed E-state index contributed by atoms with van der Waals surface area (Å²) in [7, 11) is 2.04. The standard InChI is InChI=1S/C10H18N4/c1-11-10(9-4-2-3-5-9)6-14-8-12-7-13-14/h7-11H,2-6H2,1H3. The van der Waals surface area contributed by atoms with E-state index in [2.05, 4.69) is 15.4 Å². The normalized spacial score (nSPS) is 20.1. The zero-order chi connectivity index (χ0) is 9.80. The summed E-state index contributed by atoms with van der Waals surface area (Å²) in [6.07, 6.45) is 8.89. The third-order valence-corrected chi connectivity index (χ3v) is 3.19. The van der Waals surface area contributed by atoms with Crippen LogP contribution < -0.4 is 5.32 Å². The Morgan fingerprint density at radius 3 is 2.86 bits per heavy atom. The highest BCUT2D eigenvalue weighted by atomic mass is 15.3. The van der Waals surface area contributed by atoms with Crippen LogP contribution in [0.25, 0.3) is 0 Å². The van der Waals surface area contributed by atoms with E-state index in [1.165, 1.54) is 25.7 Å². The number of likely N-dealkylation sites (N-methyl/N-ethyl adjacent to an activating group) is 1. The molecule has 1 aromatic heterocycles. The topological polar surface area (TPSA) is 42.7 Å². The minimum absolute atomic E-state index is 0.555. The molecule has 0 radical (unpaired) electrons. The summed E-state index contributed by atoms with van der Waals surface area (Å²) in [5.74, 6) is 0.823. The van der Waals surface area contributed by atoms with Gasteiger partial charge in [-0.15, -0.1) is 0 Å². The minimum Gasteiger partial charge on any atom is -0.315 e. The van der Waals surface area contributed by atoms with Crippen LogP contribution in [0.4, 0.5) is 0 Å². The monoisotopic (exact) mass is 194 g/mol. The van der Waals surface area contributed by atoms with E-state index in [0.29, 0.717) is 6.04 Å². The summed E-state index contributed by atoms with van der Waals surface area (Å²) in [6, 6.07) is 0.555. The summed E-state index contributed by atoms with van der Waals surface area (Å²) in [5.41, 5.74) is 0. The maximum Gasteiger partial charge on any atom is 0.137 e. The zero-order valence-electron chi connectivity index (χ0n) is 8.69. The Bertz CT molecular complexity index is 251. The average Bonchev–Trinajstić information content (AvgIpc) is 2.86. The highest BCUT2D eigenvalue weighted by Crippen LogP contribution is 2.28. The molecule has 78 valence electrons. The van der Waals surface area contributed by atoms with Gasteiger partial charge in [0.25, 0.3) is 0 Å². The van der Waals surface area contributed by atoms with E-state index >= 15 is 0 Å². The molecule has 1 atom stereocenters. The Labute approximate surface area is 84.7 Å². The Hall–Kier alpha value is -0.900. The summed E-state index contributed by atoms with van der Waals surface area (Å²) in [4.78, 5) is 3.96. The second kappa shape index (κ2) is 4.55. The van der Waals surface area contributed by atoms with Crippen molar-refractivity contribution >= 4 is 0 Å². The van der Waals surface area contributed by atoms with E-state index in [-0.39, 0.29) is 0 Å². The molecule has 1 saturated carbocycles. The molecule has 0 amide bonds. The van der Waals surface area contributed by atoms with Gasteiger partial charge in [-0.1, -0.05) is 12.8 Å². The van der Waals surface area contributed by atoms with Gasteiger partial charge in [-0.05, 0) is 25.8 Å². The summed E-state index contributed by atoms with van der Waals surface area (Å²) in [6.45, 7) is 0.946. The third-order valence-electron chi connectivity index (χ3n) is 3.19. The predicted molar refractivity (Wildman–Crippen MR) is 54.8 cm³/mol. The molecule has 1 aliphatic carbocycles. The van der Waals surface area contributed by atoms with Crippen LogP contribution in [0.3, 0.4) is 0 Å². The van der Waals surface area contributed by atoms with Crippen molar-refractivity contribution in [2.24, 2.45) is 5.92 Å². The van der Waals surface area contributed by atoms with E-state index in [0.717, 1.165) is 12.5 Å². The number of aromatic nitrogens is 3. The van der Waals surface area contributed by atoms with E-state index < -0.39 is 0 Å². The van der Waals surface area contributed by atoms with Crippen LogP contribution in [-0.2, 0) is 6.54 Å². The molecule has 0 aliphatic heterocycles. The predicted octanol–water partition coefficient (Wildman–Crippen LogP) is 1.06. The van der Waals surface area contributed by atoms with Crippen LogP contribution >= 0.6 is 0 Å². The van der Waals surface area contributed by atoms with Crippen molar-refractivity contribution in [1.82, 2.24) is 20.1 Å². The molecule has 1 fully saturated rings. The van der Waals surface area contributed by atoms with E-state index in [1.54, 1.807) is 12.7 Å². The number of nitrogens with one attached hydrogen (secondary N) is 1. The Balaban J connectivity index is 1.92. The first kappa shape index (κ1) is 9.65. The van der Waals surface area contributed by atoms with Crippen LogP contribution in [0.1, 0.15) is 25.7 Å². The van der Waals surface area contributed by atoms with Crippen molar-refractivity contribution in [2.45, 2.75) is 38.3 Å². The van der Waals surface area contributed by atoms with Crippen molar-refractivity contribution in [1.29, 1.82) is 0 Å². The fraction of sp³-hybridized carbons (Fsp3) is 0.800. The molecule has 1 aromatic rings. The van der Waals surface area contributed by atoms with E-state index in [1.807, 2.05) is 11.7 Å². The maximum absolute atomic E-state index is 4.14. The summed E-state index contributed by atoms with van der Waals surface area (Å²) in [5, 5.41) is 7.53. The lowest BCUT2D eigenvalue weighted by atomic mass is 9.98. The van der Waals surface area contributed by atoms with Crippen molar-refractivity contribution in [3.8, 4) is 0 Å². The molecule has 14 heavy (non-hydrogen) atoms. The molecule has 0 aromatic carbocycles. The quantitative estimate of drug-likeness (QED) is 0.779. The van der Waals surface area contributed by atoms with Crippen LogP contribution in [0, 0.1) is 5.92 Å². The lowest BCUT2D eigenvalue weighted by molar-refractivity contribution is 0.328. The van der Waals surface area contributed by atoms with Crippen LogP contribution in [0.15, 0.2) is 12.7 Å². The van der Waals surface area contributed by atoms with Crippen molar-refractivity contribution in [2.75, 3.05) is 7.05 Å². The molecule has 1 N–H and O–H groups in total. The van der Waals surface area contributed by atoms with Gasteiger partial charge in [0.15, 0.2) is 0 Å². The van der Waals surface area contributed by atoms with Crippen LogP contribution in [0.2, 0.25) is 0 Å². The smallest absolute Gasteiger partial charge is 0.137 e. The fourth-order valence-corrected chi connectivity index (χ4v) is 2.36. The highest BCUT2D eigenvalue weighted by molar-refractivity contribution is 4.79. The van der Waals surface area contributed by atoms with Gasteiger partial charge < -0.3 is 5.32 Å². The maximum atomic E-state index is 4.14. The largest absolute Gasteiger partial charge is 0.315 e. The average molecular weight is 194 g/mol. The molecule has 4 heteroatoms. The molecule has 1 unspecified atom stereocenters. The number of nitrogens with zero attached hydrogens (tertiary/aromatic N) is 3. The Morgan fingerprint density at radius 2 is 2.29 bits per heavy atom. The third kappa shape index (κ3) is 2.12. The minimum atomic E-state index is 0.555. The molecular formula is C10H18N4. The number of hydrogen-bond acceptors (Lipinski definition) is 3. The summed E-state index contributed by atoms with van der Waals surface area (Å²) < 4.78 is 1.92. The van der Waals surface area contributed by atoms with Crippen molar-refractivity contribution in [3.63, 3.8) is 0 Å². The second-order valence-corrected chi connectivity index (χ2v) is 4.06. The molecule has 0 spiro atoms. The molecular weight excluding hydrogens is 176 g/mol. The first-order valence-corrected chi connectivity index (χ1v) is 5.40. The molecule has 1 aliphatic rings. The molecule has 4 nitrogen and oxygen atoms in total. The molecule has 1 heterocycles. The van der Waals surface area contributed by atoms with Crippen molar-refractivity contribution < 1.29 is 0 Å². The fourth-order valence-electron chi connectivity index (χ4n) is 2.36. The van der Waals surface area contributed by atoms with Gasteiger partial charge in [0.2, 0.25) is 0 Å². The van der Waals surface area contributed by atoms with Gasteiger partial charge in [0, 0.05) is 6.04 Å². The van der Waals surface area contributed by atoms with Gasteiger partial charge in [0.1, 0.15) is 12.7 Å². The van der Waals surface area contributed by atoms with Crippen LogP contribution in [-0.4, -0.2) is 27.9 Å². The Kier molecular flexibility index (Phi) is 3.14. The SMILES string of the molecule is CNC(Cn1cncn1)C1CCCC1. The van der Waals surface area contributed by atoms with Gasteiger partial charge in [-0.25, -0.2) is 4.98 Å². The van der Waals surface area contributed by atoms with Gasteiger partial charge in [-0.2, -0.15) is 5.10 Å². The summed E-state index contributed by atoms with van der Waals surface area (Å²) >= 11 is 0. The van der Waals surface area contributed by atoms with Crippen molar-refractivity contribution in [3.05, 3.63) is 12.7 Å². The lowest BCUT2D eigenvalue weighted by Crippen LogP contribution is -2.36. The Morgan fingerprint density at radius 1 is 1.50 bits per heavy atom. The lowest BCUT2D eigenvalue weighted by Gasteiger charge is -2.22. The number of rotatable bonds is 4. The van der Waals surface area contributed by atoms with Gasteiger partial charge in [0.05, 0.1) is 6.54 Å². The van der Waals surface area contributed by atoms with Gasteiger partial charge >= 0.3 is 0 Å². The number of hydrogen-bond donors (Lipinski definition) is 1. The van der Waals surface area contributed by atoms with Gasteiger partial charge in [-0.3, -0.25) is 4.68 Å². The molecule has 0 saturated heterocycles. The van der Waals surface area contributed by atoms with E-state index in [9.17, 15) is 0 Å². The second-order valence-electron chi connectivity index (χ2n) is 4.06. The molecule has 0 bridgehead atoms. The zero-order valence-corrected chi connectivity index (χ0v) is 8.69. The first-order chi connectivity index (χ1) is 6.90. The molecule has 2 rings (SSSR count). The first-order valence-electron chi connectivity index (χ1n) is 5.40.